The lowest BCUT2D eigenvalue weighted by molar-refractivity contribution is 0.848. The largest absolute Gasteiger partial charge is 0.395 e. The molecule has 0 aromatic carbocycles. The molecule has 4 nitrogen and oxygen atoms in total. The van der Waals surface area contributed by atoms with Crippen LogP contribution in [0.5, 0.6) is 0 Å². The average molecular weight is 209 g/mol. The van der Waals surface area contributed by atoms with Gasteiger partial charge in [0.2, 0.25) is 0 Å². The van der Waals surface area contributed by atoms with Gasteiger partial charge < -0.3 is 5.73 Å². The van der Waals surface area contributed by atoms with Crippen molar-refractivity contribution in [1.29, 1.82) is 0 Å². The predicted octanol–water partition coefficient (Wildman–Crippen LogP) is 1.81. The van der Waals surface area contributed by atoms with Crippen molar-refractivity contribution in [3.05, 3.63) is 35.2 Å². The first kappa shape index (κ1) is 9.02. The Bertz CT molecular complexity index is 464. The van der Waals surface area contributed by atoms with E-state index in [-0.39, 0.29) is 0 Å². The maximum atomic E-state index is 5.86. The molecule has 0 atom stereocenters. The van der Waals surface area contributed by atoms with Crippen LogP contribution in [0.2, 0.25) is 5.02 Å². The molecule has 0 bridgehead atoms. The van der Waals surface area contributed by atoms with Gasteiger partial charge in [0.25, 0.3) is 0 Å². The molecule has 0 radical (unpaired) electrons. The van der Waals surface area contributed by atoms with Crippen molar-refractivity contribution in [2.45, 2.75) is 6.92 Å². The van der Waals surface area contributed by atoms with E-state index in [9.17, 15) is 0 Å². The standard InChI is InChI=1S/C9H9ClN4/c1-6-2-3-12-9(8(6)11)14-5-7(10)4-13-14/h2-5H,11H2,1H3. The smallest absolute Gasteiger partial charge is 0.176 e. The first-order valence-electron chi connectivity index (χ1n) is 4.10. The van der Waals surface area contributed by atoms with Gasteiger partial charge in [-0.05, 0) is 18.6 Å². The molecule has 0 saturated carbocycles. The van der Waals surface area contributed by atoms with Crippen LogP contribution in [0.15, 0.2) is 24.7 Å². The normalized spacial score (nSPS) is 10.4. The van der Waals surface area contributed by atoms with Gasteiger partial charge in [0.15, 0.2) is 5.82 Å². The summed E-state index contributed by atoms with van der Waals surface area (Å²) in [6, 6.07) is 1.85. The maximum absolute atomic E-state index is 5.86. The number of nitrogen functional groups attached to an aromatic ring is 1. The van der Waals surface area contributed by atoms with Crippen LogP contribution in [-0.2, 0) is 0 Å². The first-order valence-corrected chi connectivity index (χ1v) is 4.48. The van der Waals surface area contributed by atoms with Gasteiger partial charge in [-0.2, -0.15) is 5.10 Å². The fourth-order valence-electron chi connectivity index (χ4n) is 1.15. The first-order chi connectivity index (χ1) is 6.68. The molecule has 2 rings (SSSR count). The Kier molecular flexibility index (Phi) is 2.13. The van der Waals surface area contributed by atoms with Gasteiger partial charge >= 0.3 is 0 Å². The lowest BCUT2D eigenvalue weighted by Gasteiger charge is -2.05. The highest BCUT2D eigenvalue weighted by Gasteiger charge is 2.06. The number of pyridine rings is 1. The zero-order chi connectivity index (χ0) is 10.1. The highest BCUT2D eigenvalue weighted by molar-refractivity contribution is 6.30. The molecule has 72 valence electrons. The topological polar surface area (TPSA) is 56.7 Å². The highest BCUT2D eigenvalue weighted by atomic mass is 35.5. The highest BCUT2D eigenvalue weighted by Crippen LogP contribution is 2.18. The quantitative estimate of drug-likeness (QED) is 0.778. The minimum atomic E-state index is 0.563. The summed E-state index contributed by atoms with van der Waals surface area (Å²) in [7, 11) is 0. The van der Waals surface area contributed by atoms with Crippen molar-refractivity contribution in [1.82, 2.24) is 14.8 Å². The van der Waals surface area contributed by atoms with Crippen molar-refractivity contribution in [3.63, 3.8) is 0 Å². The number of anilines is 1. The second kappa shape index (κ2) is 3.31. The van der Waals surface area contributed by atoms with E-state index in [2.05, 4.69) is 10.1 Å². The summed E-state index contributed by atoms with van der Waals surface area (Å²) in [6.07, 6.45) is 4.90. The molecule has 2 aromatic rings. The van der Waals surface area contributed by atoms with Crippen molar-refractivity contribution >= 4 is 17.3 Å². The molecule has 2 N–H and O–H groups in total. The number of nitrogens with two attached hydrogens (primary N) is 1. The van der Waals surface area contributed by atoms with E-state index in [1.54, 1.807) is 23.3 Å². The molecule has 14 heavy (non-hydrogen) atoms. The van der Waals surface area contributed by atoms with Gasteiger partial charge in [0.05, 0.1) is 23.1 Å². The van der Waals surface area contributed by atoms with Gasteiger partial charge in [-0.15, -0.1) is 0 Å². The minimum absolute atomic E-state index is 0.563. The van der Waals surface area contributed by atoms with Crippen LogP contribution in [0.1, 0.15) is 5.56 Å². The van der Waals surface area contributed by atoms with Gasteiger partial charge in [-0.1, -0.05) is 11.6 Å². The molecule has 0 saturated heterocycles. The number of rotatable bonds is 1. The maximum Gasteiger partial charge on any atom is 0.176 e. The van der Waals surface area contributed by atoms with Crippen molar-refractivity contribution < 1.29 is 0 Å². The number of aromatic nitrogens is 3. The Morgan fingerprint density at radius 2 is 2.29 bits per heavy atom. The Balaban J connectivity index is 2.57. The summed E-state index contributed by atoms with van der Waals surface area (Å²) in [5.74, 6) is 0.608. The molecule has 0 unspecified atom stereocenters. The zero-order valence-electron chi connectivity index (χ0n) is 7.61. The minimum Gasteiger partial charge on any atom is -0.395 e. The Hall–Kier alpha value is -1.55. The van der Waals surface area contributed by atoms with Gasteiger partial charge in [-0.3, -0.25) is 0 Å². The third-order valence-corrected chi connectivity index (χ3v) is 2.15. The Morgan fingerprint density at radius 1 is 1.50 bits per heavy atom. The molecule has 0 amide bonds. The fraction of sp³-hybridized carbons (Fsp3) is 0.111. The molecule has 0 aliphatic heterocycles. The molecule has 2 aromatic heterocycles. The lowest BCUT2D eigenvalue weighted by Crippen LogP contribution is -2.04. The van der Waals surface area contributed by atoms with Crippen LogP contribution < -0.4 is 5.73 Å². The second-order valence-corrected chi connectivity index (χ2v) is 3.40. The number of halogens is 1. The van der Waals surface area contributed by atoms with E-state index in [0.717, 1.165) is 5.56 Å². The van der Waals surface area contributed by atoms with E-state index in [1.165, 1.54) is 0 Å². The summed E-state index contributed by atoms with van der Waals surface area (Å²) in [5.41, 5.74) is 7.45. The van der Waals surface area contributed by atoms with Crippen LogP contribution in [0.4, 0.5) is 5.69 Å². The third-order valence-electron chi connectivity index (χ3n) is 1.96. The van der Waals surface area contributed by atoms with E-state index in [4.69, 9.17) is 17.3 Å². The monoisotopic (exact) mass is 208 g/mol. The molecule has 0 fully saturated rings. The van der Waals surface area contributed by atoms with Gasteiger partial charge in [0, 0.05) is 6.20 Å². The van der Waals surface area contributed by atoms with Crippen molar-refractivity contribution in [2.75, 3.05) is 5.73 Å². The second-order valence-electron chi connectivity index (χ2n) is 2.97. The lowest BCUT2D eigenvalue weighted by atomic mass is 10.2. The Labute approximate surface area is 86.3 Å². The fourth-order valence-corrected chi connectivity index (χ4v) is 1.29. The van der Waals surface area contributed by atoms with E-state index in [1.807, 2.05) is 13.0 Å². The van der Waals surface area contributed by atoms with Crippen LogP contribution in [0.25, 0.3) is 5.82 Å². The molecule has 0 aliphatic carbocycles. The Morgan fingerprint density at radius 3 is 2.93 bits per heavy atom. The summed E-state index contributed by atoms with van der Waals surface area (Å²) in [6.45, 7) is 1.92. The molecular formula is C9H9ClN4. The molecular weight excluding hydrogens is 200 g/mol. The third kappa shape index (κ3) is 1.44. The van der Waals surface area contributed by atoms with Gasteiger partial charge in [0.1, 0.15) is 0 Å². The van der Waals surface area contributed by atoms with E-state index >= 15 is 0 Å². The molecule has 0 spiro atoms. The molecule has 2 heterocycles. The summed E-state index contributed by atoms with van der Waals surface area (Å²) in [5, 5.41) is 4.59. The summed E-state index contributed by atoms with van der Waals surface area (Å²) >= 11 is 5.75. The van der Waals surface area contributed by atoms with Crippen LogP contribution in [-0.4, -0.2) is 14.8 Å². The number of hydrogen-bond acceptors (Lipinski definition) is 3. The van der Waals surface area contributed by atoms with Crippen molar-refractivity contribution in [2.24, 2.45) is 0 Å². The SMILES string of the molecule is Cc1ccnc(-n2cc(Cl)cn2)c1N. The van der Waals surface area contributed by atoms with Crippen LogP contribution in [0.3, 0.4) is 0 Å². The average Bonchev–Trinajstić information content (AvgIpc) is 2.57. The van der Waals surface area contributed by atoms with Gasteiger partial charge in [-0.25, -0.2) is 9.67 Å². The molecule has 5 heteroatoms. The van der Waals surface area contributed by atoms with E-state index in [0.29, 0.717) is 16.5 Å². The number of aryl methyl sites for hydroxylation is 1. The van der Waals surface area contributed by atoms with Crippen LogP contribution in [0, 0.1) is 6.92 Å². The molecule has 0 aliphatic rings. The number of hydrogen-bond donors (Lipinski definition) is 1. The predicted molar refractivity (Wildman–Crippen MR) is 55.5 cm³/mol. The van der Waals surface area contributed by atoms with Crippen molar-refractivity contribution in [3.8, 4) is 5.82 Å². The van der Waals surface area contributed by atoms with E-state index < -0.39 is 0 Å². The summed E-state index contributed by atoms with van der Waals surface area (Å²) < 4.78 is 1.56. The number of nitrogens with zero attached hydrogens (tertiary/aromatic N) is 3. The summed E-state index contributed by atoms with van der Waals surface area (Å²) in [4.78, 5) is 4.14. The van der Waals surface area contributed by atoms with Crippen LogP contribution >= 0.6 is 11.6 Å². The zero-order valence-corrected chi connectivity index (χ0v) is 8.36.